The van der Waals surface area contributed by atoms with Crippen molar-refractivity contribution in [3.05, 3.63) is 51.7 Å². The van der Waals surface area contributed by atoms with Crippen molar-refractivity contribution in [3.63, 3.8) is 0 Å². The van der Waals surface area contributed by atoms with Gasteiger partial charge in [0.15, 0.2) is 9.84 Å². The molecule has 0 bridgehead atoms. The molecule has 0 aliphatic rings. The highest BCUT2D eigenvalue weighted by Crippen LogP contribution is 2.30. The smallest absolute Gasteiger partial charge is 0.175 e. The molecular formula is C15H19NO2S2. The molecule has 0 aliphatic carbocycles. The van der Waals surface area contributed by atoms with E-state index < -0.39 is 9.84 Å². The molecule has 5 heteroatoms. The van der Waals surface area contributed by atoms with Gasteiger partial charge in [0.2, 0.25) is 0 Å². The molecule has 3 nitrogen and oxygen atoms in total. The summed E-state index contributed by atoms with van der Waals surface area (Å²) < 4.78 is 23.4. The summed E-state index contributed by atoms with van der Waals surface area (Å²) in [6, 6.07) is 9.32. The predicted molar refractivity (Wildman–Crippen MR) is 84.1 cm³/mol. The molecule has 2 rings (SSSR count). The maximum absolute atomic E-state index is 11.7. The van der Waals surface area contributed by atoms with Crippen LogP contribution in [-0.2, 0) is 9.84 Å². The number of rotatable bonds is 5. The molecule has 0 saturated heterocycles. The Labute approximate surface area is 124 Å². The van der Waals surface area contributed by atoms with Gasteiger partial charge in [-0.25, -0.2) is 8.42 Å². The highest BCUT2D eigenvalue weighted by Gasteiger charge is 2.18. The van der Waals surface area contributed by atoms with Crippen molar-refractivity contribution in [2.45, 2.75) is 24.8 Å². The van der Waals surface area contributed by atoms with Gasteiger partial charge in [0, 0.05) is 11.1 Å². The molecule has 1 N–H and O–H groups in total. The monoisotopic (exact) mass is 309 g/mol. The molecule has 0 saturated carbocycles. The van der Waals surface area contributed by atoms with Crippen LogP contribution in [0.2, 0.25) is 0 Å². The van der Waals surface area contributed by atoms with Crippen molar-refractivity contribution in [3.8, 4) is 0 Å². The molecule has 0 radical (unpaired) electrons. The SMILES string of the molecule is CCNC(c1cccc(S(C)(=O)=O)c1)c1sccc1C. The first-order chi connectivity index (χ1) is 9.43. The molecule has 1 unspecified atom stereocenters. The van der Waals surface area contributed by atoms with Crippen LogP contribution in [-0.4, -0.2) is 21.2 Å². The summed E-state index contributed by atoms with van der Waals surface area (Å²) in [5.41, 5.74) is 2.21. The summed E-state index contributed by atoms with van der Waals surface area (Å²) in [5, 5.41) is 5.50. The first-order valence-corrected chi connectivity index (χ1v) is 9.28. The highest BCUT2D eigenvalue weighted by atomic mass is 32.2. The lowest BCUT2D eigenvalue weighted by molar-refractivity contribution is 0.600. The van der Waals surface area contributed by atoms with Gasteiger partial charge in [0.05, 0.1) is 10.9 Å². The topological polar surface area (TPSA) is 46.2 Å². The molecule has 1 aromatic carbocycles. The highest BCUT2D eigenvalue weighted by molar-refractivity contribution is 7.90. The van der Waals surface area contributed by atoms with Gasteiger partial charge in [-0.3, -0.25) is 0 Å². The minimum atomic E-state index is -3.18. The van der Waals surface area contributed by atoms with Crippen molar-refractivity contribution in [2.75, 3.05) is 12.8 Å². The number of thiophene rings is 1. The average Bonchev–Trinajstić information content (AvgIpc) is 2.81. The normalized spacial score (nSPS) is 13.3. The summed E-state index contributed by atoms with van der Waals surface area (Å²) >= 11 is 1.69. The Kier molecular flexibility index (Phi) is 4.62. The minimum Gasteiger partial charge on any atom is -0.306 e. The van der Waals surface area contributed by atoms with Gasteiger partial charge in [0.25, 0.3) is 0 Å². The van der Waals surface area contributed by atoms with E-state index in [2.05, 4.69) is 30.6 Å². The van der Waals surface area contributed by atoms with Gasteiger partial charge in [-0.15, -0.1) is 11.3 Å². The fourth-order valence-electron chi connectivity index (χ4n) is 2.17. The average molecular weight is 309 g/mol. The Balaban J connectivity index is 2.48. The molecule has 0 aliphatic heterocycles. The molecule has 1 heterocycles. The Morgan fingerprint density at radius 2 is 2.05 bits per heavy atom. The maximum atomic E-state index is 11.7. The van der Waals surface area contributed by atoms with Gasteiger partial charge >= 0.3 is 0 Å². The van der Waals surface area contributed by atoms with E-state index in [1.54, 1.807) is 29.5 Å². The van der Waals surface area contributed by atoms with Crippen molar-refractivity contribution in [1.29, 1.82) is 0 Å². The molecule has 0 spiro atoms. The molecule has 20 heavy (non-hydrogen) atoms. The Hall–Kier alpha value is -1.17. The van der Waals surface area contributed by atoms with Crippen molar-refractivity contribution < 1.29 is 8.42 Å². The number of benzene rings is 1. The number of nitrogens with one attached hydrogen (secondary N) is 1. The van der Waals surface area contributed by atoms with Crippen LogP contribution in [0.3, 0.4) is 0 Å². The van der Waals surface area contributed by atoms with Crippen LogP contribution in [0.5, 0.6) is 0 Å². The standard InChI is InChI=1S/C15H19NO2S2/c1-4-16-14(15-11(2)8-9-19-15)12-6-5-7-13(10-12)20(3,17)18/h5-10,14,16H,4H2,1-3H3. The zero-order valence-corrected chi connectivity index (χ0v) is 13.5. The van der Waals surface area contributed by atoms with E-state index in [1.165, 1.54) is 16.7 Å². The Morgan fingerprint density at radius 1 is 1.30 bits per heavy atom. The van der Waals surface area contributed by atoms with Gasteiger partial charge < -0.3 is 5.32 Å². The lowest BCUT2D eigenvalue weighted by Gasteiger charge is -2.19. The van der Waals surface area contributed by atoms with Gasteiger partial charge in [-0.1, -0.05) is 19.1 Å². The van der Waals surface area contributed by atoms with E-state index in [1.807, 2.05) is 6.07 Å². The minimum absolute atomic E-state index is 0.0432. The van der Waals surface area contributed by atoms with Crippen LogP contribution in [0.15, 0.2) is 40.6 Å². The zero-order chi connectivity index (χ0) is 14.8. The van der Waals surface area contributed by atoms with Crippen LogP contribution in [0.4, 0.5) is 0 Å². The summed E-state index contributed by atoms with van der Waals surface area (Å²) in [6.07, 6.45) is 1.24. The third-order valence-electron chi connectivity index (χ3n) is 3.19. The van der Waals surface area contributed by atoms with E-state index in [0.717, 1.165) is 12.1 Å². The Morgan fingerprint density at radius 3 is 2.60 bits per heavy atom. The largest absolute Gasteiger partial charge is 0.306 e. The van der Waals surface area contributed by atoms with Crippen LogP contribution in [0, 0.1) is 6.92 Å². The number of hydrogen-bond acceptors (Lipinski definition) is 4. The van der Waals surface area contributed by atoms with E-state index in [-0.39, 0.29) is 6.04 Å². The third kappa shape index (κ3) is 3.29. The van der Waals surface area contributed by atoms with E-state index >= 15 is 0 Å². The zero-order valence-electron chi connectivity index (χ0n) is 11.9. The molecule has 108 valence electrons. The summed E-state index contributed by atoms with van der Waals surface area (Å²) in [7, 11) is -3.18. The third-order valence-corrected chi connectivity index (χ3v) is 5.39. The molecule has 1 atom stereocenters. The van der Waals surface area contributed by atoms with Crippen LogP contribution < -0.4 is 5.32 Å². The first kappa shape index (κ1) is 15.2. The predicted octanol–water partition coefficient (Wildman–Crippen LogP) is 3.16. The van der Waals surface area contributed by atoms with Crippen molar-refractivity contribution >= 4 is 21.2 Å². The molecular weight excluding hydrogens is 290 g/mol. The van der Waals surface area contributed by atoms with Crippen LogP contribution >= 0.6 is 11.3 Å². The van der Waals surface area contributed by atoms with Crippen LogP contribution in [0.25, 0.3) is 0 Å². The van der Waals surface area contributed by atoms with E-state index in [9.17, 15) is 8.42 Å². The molecule has 1 aromatic heterocycles. The fourth-order valence-corrected chi connectivity index (χ4v) is 3.88. The van der Waals surface area contributed by atoms with Crippen molar-refractivity contribution in [2.24, 2.45) is 0 Å². The van der Waals surface area contributed by atoms with E-state index in [0.29, 0.717) is 4.90 Å². The summed E-state index contributed by atoms with van der Waals surface area (Å²) in [4.78, 5) is 1.60. The number of aryl methyl sites for hydroxylation is 1. The first-order valence-electron chi connectivity index (χ1n) is 6.51. The lowest BCUT2D eigenvalue weighted by Crippen LogP contribution is -2.22. The lowest BCUT2D eigenvalue weighted by atomic mass is 10.0. The Bertz CT molecular complexity index is 689. The number of hydrogen-bond donors (Lipinski definition) is 1. The molecule has 0 amide bonds. The molecule has 0 fully saturated rings. The maximum Gasteiger partial charge on any atom is 0.175 e. The second-order valence-electron chi connectivity index (χ2n) is 4.80. The van der Waals surface area contributed by atoms with Gasteiger partial charge in [0.1, 0.15) is 0 Å². The van der Waals surface area contributed by atoms with E-state index in [4.69, 9.17) is 0 Å². The second kappa shape index (κ2) is 6.08. The fraction of sp³-hybridized carbons (Fsp3) is 0.333. The van der Waals surface area contributed by atoms with Gasteiger partial charge in [-0.05, 0) is 48.2 Å². The number of sulfone groups is 1. The molecule has 2 aromatic rings. The summed E-state index contributed by atoms with van der Waals surface area (Å²) in [6.45, 7) is 4.96. The van der Waals surface area contributed by atoms with Gasteiger partial charge in [-0.2, -0.15) is 0 Å². The quantitative estimate of drug-likeness (QED) is 0.923. The van der Waals surface area contributed by atoms with Crippen LogP contribution in [0.1, 0.15) is 29.0 Å². The second-order valence-corrected chi connectivity index (χ2v) is 7.77. The summed E-state index contributed by atoms with van der Waals surface area (Å²) in [5.74, 6) is 0. The van der Waals surface area contributed by atoms with Crippen molar-refractivity contribution in [1.82, 2.24) is 5.32 Å².